The Bertz CT molecular complexity index is 1050. The predicted molar refractivity (Wildman–Crippen MR) is 118 cm³/mol. The Balaban J connectivity index is 1.42. The van der Waals surface area contributed by atoms with E-state index in [4.69, 9.17) is 0 Å². The van der Waals surface area contributed by atoms with Crippen LogP contribution in [0.2, 0.25) is 0 Å². The molecule has 166 valence electrons. The van der Waals surface area contributed by atoms with Crippen LogP contribution in [0.5, 0.6) is 0 Å². The summed E-state index contributed by atoms with van der Waals surface area (Å²) in [7, 11) is -3.75. The second-order valence-corrected chi connectivity index (χ2v) is 10.6. The number of carbonyl (C=O) groups is 1. The quantitative estimate of drug-likeness (QED) is 0.759. The molecule has 0 spiro atoms. The molecule has 31 heavy (non-hydrogen) atoms. The van der Waals surface area contributed by atoms with Crippen LogP contribution in [0, 0.1) is 11.7 Å². The lowest BCUT2D eigenvalue weighted by molar-refractivity contribution is -0.126. The third kappa shape index (κ3) is 4.83. The van der Waals surface area contributed by atoms with Crippen molar-refractivity contribution in [3.05, 3.63) is 65.0 Å². The molecule has 1 amide bonds. The first-order valence-corrected chi connectivity index (χ1v) is 12.5. The van der Waals surface area contributed by atoms with Gasteiger partial charge in [-0.1, -0.05) is 18.2 Å². The molecule has 5 nitrogen and oxygen atoms in total. The van der Waals surface area contributed by atoms with Crippen LogP contribution in [-0.4, -0.2) is 31.7 Å². The highest BCUT2D eigenvalue weighted by Crippen LogP contribution is 2.27. The van der Waals surface area contributed by atoms with E-state index in [-0.39, 0.29) is 23.4 Å². The Hall–Kier alpha value is -2.25. The van der Waals surface area contributed by atoms with Gasteiger partial charge >= 0.3 is 0 Å². The minimum atomic E-state index is -3.75. The Labute approximate surface area is 183 Å². The zero-order chi connectivity index (χ0) is 22.0. The summed E-state index contributed by atoms with van der Waals surface area (Å²) in [5.41, 5.74) is 3.86. The monoisotopic (exact) mass is 444 g/mol. The molecule has 1 heterocycles. The first kappa shape index (κ1) is 22.0. The summed E-state index contributed by atoms with van der Waals surface area (Å²) in [6.45, 7) is 2.48. The standard InChI is InChI=1S/C24H29FN2O3S/c1-17(19-9-8-18-5-2-3-6-20(18)15-19)26-24(28)21-7-4-14-27(16-21)31(29,30)23-12-10-22(25)11-13-23/h8-13,15,17,21H,2-7,14,16H2,1H3,(H,26,28). The highest BCUT2D eigenvalue weighted by molar-refractivity contribution is 7.89. The van der Waals surface area contributed by atoms with Crippen LogP contribution in [0.25, 0.3) is 0 Å². The van der Waals surface area contributed by atoms with Crippen LogP contribution in [0.4, 0.5) is 4.39 Å². The maximum absolute atomic E-state index is 13.2. The number of nitrogens with one attached hydrogen (secondary N) is 1. The molecule has 2 aromatic carbocycles. The number of fused-ring (bicyclic) bond motifs is 1. The van der Waals surface area contributed by atoms with Crippen molar-refractivity contribution in [2.75, 3.05) is 13.1 Å². The third-order valence-electron chi connectivity index (χ3n) is 6.44. The van der Waals surface area contributed by atoms with Crippen molar-refractivity contribution in [1.29, 1.82) is 0 Å². The molecule has 0 bridgehead atoms. The number of hydrogen-bond donors (Lipinski definition) is 1. The van der Waals surface area contributed by atoms with Crippen LogP contribution in [0.15, 0.2) is 47.4 Å². The molecule has 1 fully saturated rings. The summed E-state index contributed by atoms with van der Waals surface area (Å²) < 4.78 is 40.4. The van der Waals surface area contributed by atoms with Crippen molar-refractivity contribution in [2.45, 2.75) is 56.4 Å². The lowest BCUT2D eigenvalue weighted by Crippen LogP contribution is -2.45. The molecule has 2 unspecified atom stereocenters. The molecule has 4 rings (SSSR count). The molecule has 1 N–H and O–H groups in total. The second-order valence-electron chi connectivity index (χ2n) is 8.62. The van der Waals surface area contributed by atoms with Gasteiger partial charge in [0.1, 0.15) is 5.82 Å². The minimum absolute atomic E-state index is 0.0531. The number of aryl methyl sites for hydroxylation is 2. The summed E-state index contributed by atoms with van der Waals surface area (Å²) in [5.74, 6) is -1.00. The highest BCUT2D eigenvalue weighted by atomic mass is 32.2. The van der Waals surface area contributed by atoms with E-state index in [1.54, 1.807) is 0 Å². The molecular formula is C24H29FN2O3S. The number of benzene rings is 2. The Morgan fingerprint density at radius 1 is 1.06 bits per heavy atom. The molecular weight excluding hydrogens is 415 g/mol. The molecule has 2 aromatic rings. The van der Waals surface area contributed by atoms with Gasteiger partial charge in [0.2, 0.25) is 15.9 Å². The molecule has 2 atom stereocenters. The largest absolute Gasteiger partial charge is 0.349 e. The van der Waals surface area contributed by atoms with E-state index in [0.717, 1.165) is 30.5 Å². The van der Waals surface area contributed by atoms with E-state index in [2.05, 4.69) is 23.5 Å². The van der Waals surface area contributed by atoms with E-state index in [1.165, 1.54) is 40.4 Å². The maximum atomic E-state index is 13.2. The number of rotatable bonds is 5. The van der Waals surface area contributed by atoms with Crippen LogP contribution >= 0.6 is 0 Å². The number of carbonyl (C=O) groups excluding carboxylic acids is 1. The highest BCUT2D eigenvalue weighted by Gasteiger charge is 2.33. The number of piperidine rings is 1. The van der Waals surface area contributed by atoms with E-state index in [1.807, 2.05) is 6.92 Å². The fourth-order valence-corrected chi connectivity index (χ4v) is 6.09. The predicted octanol–water partition coefficient (Wildman–Crippen LogP) is 3.98. The smallest absolute Gasteiger partial charge is 0.243 e. The third-order valence-corrected chi connectivity index (χ3v) is 8.32. The molecule has 7 heteroatoms. The normalized spacial score (nSPS) is 20.6. The van der Waals surface area contributed by atoms with E-state index >= 15 is 0 Å². The topological polar surface area (TPSA) is 66.5 Å². The zero-order valence-electron chi connectivity index (χ0n) is 17.8. The van der Waals surface area contributed by atoms with Crippen LogP contribution in [0.3, 0.4) is 0 Å². The molecule has 1 aliphatic carbocycles. The van der Waals surface area contributed by atoms with Gasteiger partial charge in [-0.15, -0.1) is 0 Å². The molecule has 0 aromatic heterocycles. The van der Waals surface area contributed by atoms with Crippen molar-refractivity contribution in [3.8, 4) is 0 Å². The second kappa shape index (κ2) is 9.09. The fourth-order valence-electron chi connectivity index (χ4n) is 4.57. The van der Waals surface area contributed by atoms with Gasteiger partial charge in [0.25, 0.3) is 0 Å². The van der Waals surface area contributed by atoms with Crippen molar-refractivity contribution < 1.29 is 17.6 Å². The lowest BCUT2D eigenvalue weighted by atomic mass is 9.89. The van der Waals surface area contributed by atoms with E-state index < -0.39 is 21.8 Å². The maximum Gasteiger partial charge on any atom is 0.243 e. The number of hydrogen-bond acceptors (Lipinski definition) is 3. The number of nitrogens with zero attached hydrogens (tertiary/aromatic N) is 1. The van der Waals surface area contributed by atoms with Gasteiger partial charge in [0.15, 0.2) is 0 Å². The summed E-state index contributed by atoms with van der Waals surface area (Å²) in [4.78, 5) is 13.0. The van der Waals surface area contributed by atoms with E-state index in [9.17, 15) is 17.6 Å². The van der Waals surface area contributed by atoms with Gasteiger partial charge in [-0.25, -0.2) is 12.8 Å². The summed E-state index contributed by atoms with van der Waals surface area (Å²) in [6, 6.07) is 11.1. The van der Waals surface area contributed by atoms with E-state index in [0.29, 0.717) is 19.4 Å². The van der Waals surface area contributed by atoms with Gasteiger partial charge in [0.05, 0.1) is 16.9 Å². The summed E-state index contributed by atoms with van der Waals surface area (Å²) in [5, 5.41) is 3.08. The number of sulfonamides is 1. The summed E-state index contributed by atoms with van der Waals surface area (Å²) in [6.07, 6.45) is 5.92. The first-order valence-electron chi connectivity index (χ1n) is 11.0. The average Bonchev–Trinajstić information content (AvgIpc) is 2.79. The molecule has 2 aliphatic rings. The van der Waals surface area contributed by atoms with Crippen molar-refractivity contribution >= 4 is 15.9 Å². The minimum Gasteiger partial charge on any atom is -0.349 e. The van der Waals surface area contributed by atoms with Gasteiger partial charge in [-0.3, -0.25) is 4.79 Å². The number of amides is 1. The zero-order valence-corrected chi connectivity index (χ0v) is 18.6. The Morgan fingerprint density at radius 3 is 2.52 bits per heavy atom. The molecule has 0 saturated carbocycles. The summed E-state index contributed by atoms with van der Waals surface area (Å²) >= 11 is 0. The number of halogens is 1. The Morgan fingerprint density at radius 2 is 1.77 bits per heavy atom. The first-order chi connectivity index (χ1) is 14.8. The van der Waals surface area contributed by atoms with Crippen LogP contribution in [-0.2, 0) is 27.7 Å². The van der Waals surface area contributed by atoms with Crippen molar-refractivity contribution in [3.63, 3.8) is 0 Å². The Kier molecular flexibility index (Phi) is 6.44. The lowest BCUT2D eigenvalue weighted by Gasteiger charge is -2.32. The average molecular weight is 445 g/mol. The van der Waals surface area contributed by atoms with Gasteiger partial charge in [0, 0.05) is 13.1 Å². The van der Waals surface area contributed by atoms with Crippen LogP contribution < -0.4 is 5.32 Å². The van der Waals surface area contributed by atoms with Gasteiger partial charge < -0.3 is 5.32 Å². The SMILES string of the molecule is CC(NC(=O)C1CCCN(S(=O)(=O)c2ccc(F)cc2)C1)c1ccc2c(c1)CCCC2. The van der Waals surface area contributed by atoms with Crippen LogP contribution in [0.1, 0.15) is 55.3 Å². The van der Waals surface area contributed by atoms with Crippen molar-refractivity contribution in [2.24, 2.45) is 5.92 Å². The van der Waals surface area contributed by atoms with Gasteiger partial charge in [-0.05, 0) is 86.4 Å². The molecule has 1 aliphatic heterocycles. The van der Waals surface area contributed by atoms with Crippen molar-refractivity contribution in [1.82, 2.24) is 9.62 Å². The fraction of sp³-hybridized carbons (Fsp3) is 0.458. The van der Waals surface area contributed by atoms with Gasteiger partial charge in [-0.2, -0.15) is 4.31 Å². The molecule has 1 saturated heterocycles. The molecule has 0 radical (unpaired) electrons.